The van der Waals surface area contributed by atoms with Crippen LogP contribution < -0.4 is 10.6 Å². The topological polar surface area (TPSA) is 67.1 Å². The van der Waals surface area contributed by atoms with Crippen LogP contribution in [0.1, 0.15) is 55.7 Å². The quantitative estimate of drug-likeness (QED) is 0.251. The number of guanidine groups is 1. The second-order valence-corrected chi connectivity index (χ2v) is 8.24. The van der Waals surface area contributed by atoms with Gasteiger partial charge in [-0.3, -0.25) is 4.99 Å². The van der Waals surface area contributed by atoms with E-state index >= 15 is 0 Å². The minimum absolute atomic E-state index is 0. The van der Waals surface area contributed by atoms with Crippen molar-refractivity contribution in [1.82, 2.24) is 25.4 Å². The van der Waals surface area contributed by atoms with Gasteiger partial charge in [-0.15, -0.1) is 34.2 Å². The van der Waals surface area contributed by atoms with Gasteiger partial charge in [0.2, 0.25) is 0 Å². The lowest BCUT2D eigenvalue weighted by molar-refractivity contribution is 0.591. The molecule has 2 heterocycles. The molecule has 6 nitrogen and oxygen atoms in total. The lowest BCUT2D eigenvalue weighted by atomic mass is 9.96. The molecule has 0 saturated heterocycles. The van der Waals surface area contributed by atoms with Crippen LogP contribution in [0.4, 0.5) is 4.39 Å². The number of rotatable bonds is 7. The summed E-state index contributed by atoms with van der Waals surface area (Å²) in [5, 5.41) is 15.6. The lowest BCUT2D eigenvalue weighted by Crippen LogP contribution is -2.41. The molecule has 0 radical (unpaired) electrons. The van der Waals surface area contributed by atoms with Gasteiger partial charge < -0.3 is 15.2 Å². The van der Waals surface area contributed by atoms with Crippen molar-refractivity contribution in [2.75, 3.05) is 20.1 Å². The van der Waals surface area contributed by atoms with E-state index < -0.39 is 0 Å². The number of nitrogens with one attached hydrogen (secondary N) is 2. The fourth-order valence-corrected chi connectivity index (χ4v) is 4.19. The maximum atomic E-state index is 13.6. The van der Waals surface area contributed by atoms with Gasteiger partial charge in [-0.25, -0.2) is 4.39 Å². The van der Waals surface area contributed by atoms with Crippen molar-refractivity contribution in [1.29, 1.82) is 0 Å². The molecule has 0 bridgehead atoms. The van der Waals surface area contributed by atoms with Crippen LogP contribution in [0.3, 0.4) is 0 Å². The summed E-state index contributed by atoms with van der Waals surface area (Å²) in [7, 11) is 1.79. The van der Waals surface area contributed by atoms with Crippen LogP contribution in [-0.2, 0) is 24.8 Å². The third kappa shape index (κ3) is 5.50. The van der Waals surface area contributed by atoms with Crippen molar-refractivity contribution in [2.24, 2.45) is 4.99 Å². The van der Waals surface area contributed by atoms with Crippen molar-refractivity contribution in [3.8, 4) is 0 Å². The van der Waals surface area contributed by atoms with Gasteiger partial charge in [0.25, 0.3) is 0 Å². The van der Waals surface area contributed by atoms with Gasteiger partial charge >= 0.3 is 0 Å². The van der Waals surface area contributed by atoms with Gasteiger partial charge in [0.1, 0.15) is 17.5 Å². The molecule has 1 aliphatic heterocycles. The Kier molecular flexibility index (Phi) is 8.07. The predicted octanol–water partition coefficient (Wildman–Crippen LogP) is 3.59. The van der Waals surface area contributed by atoms with E-state index in [1.165, 1.54) is 25.3 Å². The standard InChI is InChI=1S/C22H31FN6.HI/c1-24-21(26-16-22(11-12-22)17-7-5-8-18(23)15-17)25-13-6-10-20-28-27-19-9-3-2-4-14-29(19)20;/h5,7-8,15H,2-4,6,9-14,16H2,1H3,(H2,24,25,26);1H. The van der Waals surface area contributed by atoms with Crippen LogP contribution in [-0.4, -0.2) is 40.9 Å². The highest BCUT2D eigenvalue weighted by molar-refractivity contribution is 14.0. The summed E-state index contributed by atoms with van der Waals surface area (Å²) in [5.74, 6) is 2.89. The van der Waals surface area contributed by atoms with E-state index in [1.807, 2.05) is 6.07 Å². The average molecular weight is 526 g/mol. The summed E-state index contributed by atoms with van der Waals surface area (Å²) in [6, 6.07) is 6.98. The van der Waals surface area contributed by atoms with Crippen molar-refractivity contribution >= 4 is 29.9 Å². The van der Waals surface area contributed by atoms with Crippen LogP contribution in [0.25, 0.3) is 0 Å². The largest absolute Gasteiger partial charge is 0.356 e. The molecule has 4 rings (SSSR count). The number of nitrogens with zero attached hydrogens (tertiary/aromatic N) is 4. The van der Waals surface area contributed by atoms with Gasteiger partial charge in [-0.2, -0.15) is 0 Å². The Morgan fingerprint density at radius 2 is 2.07 bits per heavy atom. The number of hydrogen-bond acceptors (Lipinski definition) is 3. The molecule has 0 spiro atoms. The molecule has 1 aromatic heterocycles. The van der Waals surface area contributed by atoms with Crippen LogP contribution in [0.15, 0.2) is 29.3 Å². The average Bonchev–Trinajstić information content (AvgIpc) is 3.48. The van der Waals surface area contributed by atoms with Crippen LogP contribution in [0.2, 0.25) is 0 Å². The molecular formula is C22H32FIN6. The van der Waals surface area contributed by atoms with Crippen molar-refractivity contribution < 1.29 is 4.39 Å². The SMILES string of the molecule is CN=C(NCCCc1nnc2n1CCCCC2)NCC1(c2cccc(F)c2)CC1.I. The molecule has 1 saturated carbocycles. The molecule has 1 fully saturated rings. The minimum Gasteiger partial charge on any atom is -0.356 e. The summed E-state index contributed by atoms with van der Waals surface area (Å²) in [4.78, 5) is 4.33. The van der Waals surface area contributed by atoms with Gasteiger partial charge in [-0.05, 0) is 49.8 Å². The van der Waals surface area contributed by atoms with E-state index in [1.54, 1.807) is 19.2 Å². The van der Waals surface area contributed by atoms with E-state index in [4.69, 9.17) is 0 Å². The number of halogens is 2. The maximum absolute atomic E-state index is 13.6. The van der Waals surface area contributed by atoms with E-state index in [-0.39, 0.29) is 35.2 Å². The summed E-state index contributed by atoms with van der Waals surface area (Å²) in [6.45, 7) is 2.65. The fourth-order valence-electron chi connectivity index (χ4n) is 4.19. The fraction of sp³-hybridized carbons (Fsp3) is 0.591. The maximum Gasteiger partial charge on any atom is 0.191 e. The molecule has 0 unspecified atom stereocenters. The van der Waals surface area contributed by atoms with Gasteiger partial charge in [0, 0.05) is 44.9 Å². The Bertz CT molecular complexity index is 861. The van der Waals surface area contributed by atoms with Gasteiger partial charge in [-0.1, -0.05) is 18.6 Å². The first kappa shape index (κ1) is 23.0. The molecule has 2 aliphatic rings. The van der Waals surface area contributed by atoms with Crippen molar-refractivity contribution in [3.05, 3.63) is 47.3 Å². The second-order valence-electron chi connectivity index (χ2n) is 8.24. The number of aliphatic imine (C=N–C) groups is 1. The highest BCUT2D eigenvalue weighted by atomic mass is 127. The summed E-state index contributed by atoms with van der Waals surface area (Å²) < 4.78 is 15.9. The predicted molar refractivity (Wildman–Crippen MR) is 128 cm³/mol. The first-order chi connectivity index (χ1) is 14.2. The van der Waals surface area contributed by atoms with Crippen LogP contribution >= 0.6 is 24.0 Å². The molecule has 1 aromatic carbocycles. The van der Waals surface area contributed by atoms with E-state index in [9.17, 15) is 4.39 Å². The first-order valence-electron chi connectivity index (χ1n) is 10.8. The number of aromatic nitrogens is 3. The third-order valence-corrected chi connectivity index (χ3v) is 6.16. The number of benzene rings is 1. The Balaban J connectivity index is 0.00000256. The second kappa shape index (κ2) is 10.5. The zero-order valence-electron chi connectivity index (χ0n) is 17.7. The highest BCUT2D eigenvalue weighted by Gasteiger charge is 2.44. The van der Waals surface area contributed by atoms with E-state index in [0.717, 1.165) is 74.9 Å². The molecule has 164 valence electrons. The van der Waals surface area contributed by atoms with E-state index in [0.29, 0.717) is 0 Å². The van der Waals surface area contributed by atoms with E-state index in [2.05, 4.69) is 30.4 Å². The summed E-state index contributed by atoms with van der Waals surface area (Å²) in [6.07, 6.45) is 8.84. The molecule has 2 aromatic rings. The van der Waals surface area contributed by atoms with Gasteiger partial charge in [0.05, 0.1) is 0 Å². The monoisotopic (exact) mass is 526 g/mol. The highest BCUT2D eigenvalue weighted by Crippen LogP contribution is 2.47. The lowest BCUT2D eigenvalue weighted by Gasteiger charge is -2.19. The van der Waals surface area contributed by atoms with Crippen LogP contribution in [0, 0.1) is 5.82 Å². The number of hydrogen-bond donors (Lipinski definition) is 2. The first-order valence-corrected chi connectivity index (χ1v) is 10.8. The molecular weight excluding hydrogens is 494 g/mol. The Morgan fingerprint density at radius 3 is 2.83 bits per heavy atom. The third-order valence-electron chi connectivity index (χ3n) is 6.16. The molecule has 30 heavy (non-hydrogen) atoms. The number of aryl methyl sites for hydroxylation is 2. The Hall–Kier alpha value is -1.71. The Morgan fingerprint density at radius 1 is 1.20 bits per heavy atom. The summed E-state index contributed by atoms with van der Waals surface area (Å²) in [5.41, 5.74) is 1.12. The van der Waals surface area contributed by atoms with Crippen molar-refractivity contribution in [3.63, 3.8) is 0 Å². The van der Waals surface area contributed by atoms with Gasteiger partial charge in [0.15, 0.2) is 5.96 Å². The molecule has 2 N–H and O–H groups in total. The van der Waals surface area contributed by atoms with Crippen LogP contribution in [0.5, 0.6) is 0 Å². The molecule has 0 amide bonds. The molecule has 8 heteroatoms. The minimum atomic E-state index is -0.164. The zero-order valence-corrected chi connectivity index (χ0v) is 20.0. The Labute approximate surface area is 195 Å². The summed E-state index contributed by atoms with van der Waals surface area (Å²) >= 11 is 0. The normalized spacial score (nSPS) is 17.5. The number of fused-ring (bicyclic) bond motifs is 1. The van der Waals surface area contributed by atoms with Crippen molar-refractivity contribution in [2.45, 2.75) is 63.3 Å². The molecule has 1 aliphatic carbocycles. The smallest absolute Gasteiger partial charge is 0.191 e. The zero-order chi connectivity index (χ0) is 20.1. The molecule has 0 atom stereocenters.